The summed E-state index contributed by atoms with van der Waals surface area (Å²) in [5.41, 5.74) is 9.91. The second-order valence-electron chi connectivity index (χ2n) is 4.72. The maximum absolute atomic E-state index is 11.9. The second-order valence-corrected chi connectivity index (χ2v) is 5.52. The van der Waals surface area contributed by atoms with Crippen molar-refractivity contribution in [3.05, 3.63) is 52.0 Å². The van der Waals surface area contributed by atoms with Gasteiger partial charge in [-0.3, -0.25) is 4.79 Å². The average Bonchev–Trinajstić information content (AvgIpc) is 2.46. The number of halogens is 1. The molecule has 0 saturated heterocycles. The Balaban J connectivity index is 2.33. The van der Waals surface area contributed by atoms with Crippen LogP contribution in [0.5, 0.6) is 0 Å². The molecule has 1 amide bonds. The van der Waals surface area contributed by atoms with E-state index < -0.39 is 0 Å². The van der Waals surface area contributed by atoms with Crippen molar-refractivity contribution >= 4 is 38.9 Å². The molecule has 0 fully saturated rings. The first-order valence-electron chi connectivity index (χ1n) is 6.72. The lowest BCUT2D eigenvalue weighted by molar-refractivity contribution is 0.0956. The molecule has 4 nitrogen and oxygen atoms in total. The summed E-state index contributed by atoms with van der Waals surface area (Å²) >= 11 is 3.55. The number of amides is 1. The molecule has 2 aromatic rings. The molecule has 4 N–H and O–H groups in total. The number of hydrogen-bond acceptors (Lipinski definition) is 3. The normalized spacial score (nSPS) is 10.2. The van der Waals surface area contributed by atoms with Gasteiger partial charge >= 0.3 is 0 Å². The average molecular weight is 348 g/mol. The van der Waals surface area contributed by atoms with Crippen LogP contribution in [0.1, 0.15) is 22.8 Å². The summed E-state index contributed by atoms with van der Waals surface area (Å²) in [4.78, 5) is 11.9. The minimum atomic E-state index is -0.108. The Morgan fingerprint density at radius 1 is 1.24 bits per heavy atom. The minimum Gasteiger partial charge on any atom is -0.397 e. The van der Waals surface area contributed by atoms with E-state index in [2.05, 4.69) is 26.6 Å². The molecule has 2 rings (SSSR count). The third-order valence-electron chi connectivity index (χ3n) is 3.11. The zero-order valence-corrected chi connectivity index (χ0v) is 13.6. The van der Waals surface area contributed by atoms with Gasteiger partial charge in [0.2, 0.25) is 0 Å². The van der Waals surface area contributed by atoms with Gasteiger partial charge in [-0.15, -0.1) is 0 Å². The molecular formula is C16H18BrN3O. The highest BCUT2D eigenvalue weighted by molar-refractivity contribution is 9.10. The first kappa shape index (κ1) is 15.4. The molecule has 0 heterocycles. The summed E-state index contributed by atoms with van der Waals surface area (Å²) < 4.78 is 0.979. The number of aryl methyl sites for hydroxylation is 1. The van der Waals surface area contributed by atoms with E-state index in [1.165, 1.54) is 0 Å². The Morgan fingerprint density at radius 2 is 2.00 bits per heavy atom. The van der Waals surface area contributed by atoms with Crippen molar-refractivity contribution < 1.29 is 4.79 Å². The molecule has 0 unspecified atom stereocenters. The zero-order chi connectivity index (χ0) is 15.4. The lowest BCUT2D eigenvalue weighted by atomic mass is 10.1. The third kappa shape index (κ3) is 3.55. The van der Waals surface area contributed by atoms with Gasteiger partial charge in [0.25, 0.3) is 5.91 Å². The maximum Gasteiger partial charge on any atom is 0.251 e. The Bertz CT molecular complexity index is 671. The van der Waals surface area contributed by atoms with Crippen LogP contribution in [0, 0.1) is 6.92 Å². The summed E-state index contributed by atoms with van der Waals surface area (Å²) in [6, 6.07) is 11.1. The summed E-state index contributed by atoms with van der Waals surface area (Å²) in [7, 11) is 0. The first-order valence-corrected chi connectivity index (χ1v) is 7.52. The SMILES string of the molecule is CCNC(=O)c1ccc(N)c(Nc2cccc(C)c2Br)c1. The molecule has 0 radical (unpaired) electrons. The lowest BCUT2D eigenvalue weighted by Gasteiger charge is -2.13. The number of nitrogens with two attached hydrogens (primary N) is 1. The zero-order valence-electron chi connectivity index (χ0n) is 12.0. The van der Waals surface area contributed by atoms with Crippen molar-refractivity contribution in [3.8, 4) is 0 Å². The molecule has 0 saturated carbocycles. The molecule has 0 atom stereocenters. The topological polar surface area (TPSA) is 67.2 Å². The summed E-state index contributed by atoms with van der Waals surface area (Å²) in [6.45, 7) is 4.50. The highest BCUT2D eigenvalue weighted by Crippen LogP contribution is 2.31. The van der Waals surface area contributed by atoms with Crippen LogP contribution < -0.4 is 16.4 Å². The van der Waals surface area contributed by atoms with Crippen LogP contribution in [0.25, 0.3) is 0 Å². The van der Waals surface area contributed by atoms with Crippen LogP contribution in [-0.4, -0.2) is 12.5 Å². The van der Waals surface area contributed by atoms with Crippen molar-refractivity contribution in [2.45, 2.75) is 13.8 Å². The number of carbonyl (C=O) groups is 1. The van der Waals surface area contributed by atoms with E-state index in [-0.39, 0.29) is 5.91 Å². The fraction of sp³-hybridized carbons (Fsp3) is 0.188. The van der Waals surface area contributed by atoms with E-state index in [4.69, 9.17) is 5.73 Å². The van der Waals surface area contributed by atoms with Gasteiger partial charge in [0.1, 0.15) is 0 Å². The largest absolute Gasteiger partial charge is 0.397 e. The monoisotopic (exact) mass is 347 g/mol. The Kier molecular flexibility index (Phi) is 4.85. The summed E-state index contributed by atoms with van der Waals surface area (Å²) in [5, 5.41) is 6.04. The van der Waals surface area contributed by atoms with Crippen LogP contribution in [0.3, 0.4) is 0 Å². The molecule has 0 aliphatic heterocycles. The van der Waals surface area contributed by atoms with Crippen molar-refractivity contribution in [2.75, 3.05) is 17.6 Å². The fourth-order valence-corrected chi connectivity index (χ4v) is 2.32. The van der Waals surface area contributed by atoms with E-state index in [0.29, 0.717) is 23.5 Å². The minimum absolute atomic E-state index is 0.108. The lowest BCUT2D eigenvalue weighted by Crippen LogP contribution is -2.22. The second kappa shape index (κ2) is 6.63. The van der Waals surface area contributed by atoms with E-state index in [0.717, 1.165) is 15.7 Å². The molecule has 0 aliphatic rings. The number of nitrogen functional groups attached to an aromatic ring is 1. The van der Waals surface area contributed by atoms with Gasteiger partial charge in [-0.25, -0.2) is 0 Å². The van der Waals surface area contributed by atoms with Crippen LogP contribution >= 0.6 is 15.9 Å². The van der Waals surface area contributed by atoms with Crippen LogP contribution in [-0.2, 0) is 0 Å². The Labute approximate surface area is 132 Å². The summed E-state index contributed by atoms with van der Waals surface area (Å²) in [6.07, 6.45) is 0. The molecule has 0 bridgehead atoms. The van der Waals surface area contributed by atoms with Gasteiger partial charge in [0.05, 0.1) is 17.1 Å². The van der Waals surface area contributed by atoms with E-state index in [1.54, 1.807) is 18.2 Å². The number of carbonyl (C=O) groups excluding carboxylic acids is 1. The highest BCUT2D eigenvalue weighted by atomic mass is 79.9. The van der Waals surface area contributed by atoms with Gasteiger partial charge in [-0.1, -0.05) is 12.1 Å². The van der Waals surface area contributed by atoms with Gasteiger partial charge in [0, 0.05) is 16.6 Å². The number of nitrogens with one attached hydrogen (secondary N) is 2. The van der Waals surface area contributed by atoms with E-state index >= 15 is 0 Å². The Morgan fingerprint density at radius 3 is 2.71 bits per heavy atom. The molecule has 110 valence electrons. The maximum atomic E-state index is 11.9. The van der Waals surface area contributed by atoms with Gasteiger partial charge in [-0.2, -0.15) is 0 Å². The van der Waals surface area contributed by atoms with E-state index in [1.807, 2.05) is 32.0 Å². The highest BCUT2D eigenvalue weighted by Gasteiger charge is 2.09. The van der Waals surface area contributed by atoms with Crippen LogP contribution in [0.15, 0.2) is 40.9 Å². The molecule has 21 heavy (non-hydrogen) atoms. The molecule has 0 spiro atoms. The first-order chi connectivity index (χ1) is 10.0. The van der Waals surface area contributed by atoms with Crippen molar-refractivity contribution in [1.82, 2.24) is 5.32 Å². The quantitative estimate of drug-likeness (QED) is 0.736. The van der Waals surface area contributed by atoms with Gasteiger partial charge in [-0.05, 0) is 59.6 Å². The van der Waals surface area contributed by atoms with Crippen molar-refractivity contribution in [2.24, 2.45) is 0 Å². The predicted molar refractivity (Wildman–Crippen MR) is 91.0 cm³/mol. The van der Waals surface area contributed by atoms with Crippen LogP contribution in [0.2, 0.25) is 0 Å². The molecule has 0 aromatic heterocycles. The predicted octanol–water partition coefficient (Wildman–Crippen LogP) is 3.83. The fourth-order valence-electron chi connectivity index (χ4n) is 1.96. The smallest absolute Gasteiger partial charge is 0.251 e. The van der Waals surface area contributed by atoms with Crippen LogP contribution in [0.4, 0.5) is 17.1 Å². The molecule has 2 aromatic carbocycles. The Hall–Kier alpha value is -2.01. The number of rotatable bonds is 4. The van der Waals surface area contributed by atoms with Crippen molar-refractivity contribution in [1.29, 1.82) is 0 Å². The number of hydrogen-bond donors (Lipinski definition) is 3. The third-order valence-corrected chi connectivity index (χ3v) is 4.17. The van der Waals surface area contributed by atoms with E-state index in [9.17, 15) is 4.79 Å². The summed E-state index contributed by atoms with van der Waals surface area (Å²) in [5.74, 6) is -0.108. The molecule has 5 heteroatoms. The van der Waals surface area contributed by atoms with Crippen molar-refractivity contribution in [3.63, 3.8) is 0 Å². The molecular weight excluding hydrogens is 330 g/mol. The number of anilines is 3. The van der Waals surface area contributed by atoms with Gasteiger partial charge < -0.3 is 16.4 Å². The van der Waals surface area contributed by atoms with Gasteiger partial charge in [0.15, 0.2) is 0 Å². The number of benzene rings is 2. The molecule has 0 aliphatic carbocycles. The standard InChI is InChI=1S/C16H18BrN3O/c1-3-19-16(21)11-7-8-12(18)14(9-11)20-13-6-4-5-10(2)15(13)17/h4-9,20H,3,18H2,1-2H3,(H,19,21).